The molecule has 0 aromatic rings. The summed E-state index contributed by atoms with van der Waals surface area (Å²) in [5, 5.41) is 0. The lowest BCUT2D eigenvalue weighted by molar-refractivity contribution is -0.149. The number of hydrogen-bond donors (Lipinski definition) is 0. The monoisotopic (exact) mass is 388 g/mol. The predicted octanol–water partition coefficient (Wildman–Crippen LogP) is 1.68. The molecule has 0 amide bonds. The molecule has 0 aromatic heterocycles. The standard InChI is InChI=1S/C21H24O7/c1-10-4-5-13-16(10)18-17(11(2)19(22)28-18)14(7-21(13)9-26-21)27-20(23)12-6-15(24-3)25-8-12/h4,6,13-18H,2,5,7-9H2,1,3H3/t13-,14-,15-,16+,17-,18-,21-/m1/s1. The van der Waals surface area contributed by atoms with Crippen LogP contribution in [0.25, 0.3) is 0 Å². The van der Waals surface area contributed by atoms with Crippen LogP contribution in [0.1, 0.15) is 19.8 Å². The van der Waals surface area contributed by atoms with Crippen LogP contribution in [-0.4, -0.2) is 56.4 Å². The van der Waals surface area contributed by atoms with E-state index in [1.54, 1.807) is 6.08 Å². The number of carbonyl (C=O) groups is 2. The normalized spacial score (nSPS) is 43.8. The Morgan fingerprint density at radius 2 is 2.14 bits per heavy atom. The molecule has 5 aliphatic rings. The van der Waals surface area contributed by atoms with Crippen molar-refractivity contribution in [1.82, 2.24) is 0 Å². The highest BCUT2D eigenvalue weighted by molar-refractivity contribution is 5.92. The second-order valence-corrected chi connectivity index (χ2v) is 8.35. The highest BCUT2D eigenvalue weighted by Crippen LogP contribution is 2.58. The van der Waals surface area contributed by atoms with Crippen LogP contribution >= 0.6 is 0 Å². The first-order valence-electron chi connectivity index (χ1n) is 9.70. The average Bonchev–Trinajstić information content (AvgIpc) is 3.02. The van der Waals surface area contributed by atoms with Gasteiger partial charge in [-0.05, 0) is 19.4 Å². The second-order valence-electron chi connectivity index (χ2n) is 8.35. The molecule has 7 nitrogen and oxygen atoms in total. The molecule has 0 aromatic carbocycles. The third-order valence-electron chi connectivity index (χ3n) is 6.90. The lowest BCUT2D eigenvalue weighted by Crippen LogP contribution is -2.36. The minimum absolute atomic E-state index is 0.0753. The summed E-state index contributed by atoms with van der Waals surface area (Å²) < 4.78 is 28.0. The van der Waals surface area contributed by atoms with Gasteiger partial charge >= 0.3 is 11.9 Å². The molecule has 0 N–H and O–H groups in total. The van der Waals surface area contributed by atoms with Crippen molar-refractivity contribution in [3.63, 3.8) is 0 Å². The fourth-order valence-electron chi connectivity index (χ4n) is 5.35. The molecule has 5 rings (SSSR count). The van der Waals surface area contributed by atoms with Crippen LogP contribution in [0.5, 0.6) is 0 Å². The Bertz CT molecular complexity index is 806. The van der Waals surface area contributed by atoms with Gasteiger partial charge < -0.3 is 23.7 Å². The van der Waals surface area contributed by atoms with Crippen molar-refractivity contribution in [1.29, 1.82) is 0 Å². The number of fused-ring (bicyclic) bond motifs is 4. The van der Waals surface area contributed by atoms with E-state index in [0.717, 1.165) is 6.42 Å². The van der Waals surface area contributed by atoms with Gasteiger partial charge in [0.2, 0.25) is 0 Å². The van der Waals surface area contributed by atoms with Gasteiger partial charge in [0, 0.05) is 30.9 Å². The summed E-state index contributed by atoms with van der Waals surface area (Å²) in [6.45, 7) is 6.82. The Balaban J connectivity index is 1.46. The van der Waals surface area contributed by atoms with Crippen molar-refractivity contribution >= 4 is 11.9 Å². The number of epoxide rings is 1. The third-order valence-corrected chi connectivity index (χ3v) is 6.90. The number of hydrogen-bond acceptors (Lipinski definition) is 7. The van der Waals surface area contributed by atoms with Gasteiger partial charge in [-0.3, -0.25) is 0 Å². The Morgan fingerprint density at radius 1 is 1.36 bits per heavy atom. The van der Waals surface area contributed by atoms with Crippen LogP contribution in [0.3, 0.4) is 0 Å². The van der Waals surface area contributed by atoms with Gasteiger partial charge in [-0.2, -0.15) is 0 Å². The first-order chi connectivity index (χ1) is 13.4. The molecule has 2 saturated heterocycles. The van der Waals surface area contributed by atoms with Crippen molar-refractivity contribution in [2.75, 3.05) is 20.3 Å². The van der Waals surface area contributed by atoms with Crippen molar-refractivity contribution in [2.45, 2.75) is 43.9 Å². The first-order valence-corrected chi connectivity index (χ1v) is 9.70. The predicted molar refractivity (Wildman–Crippen MR) is 95.9 cm³/mol. The highest BCUT2D eigenvalue weighted by Gasteiger charge is 2.65. The van der Waals surface area contributed by atoms with Crippen molar-refractivity contribution in [3.8, 4) is 0 Å². The fraction of sp³-hybridized carbons (Fsp3) is 0.619. The Kier molecular flexibility index (Phi) is 4.05. The van der Waals surface area contributed by atoms with Crippen molar-refractivity contribution < 1.29 is 33.3 Å². The number of carbonyl (C=O) groups excluding carboxylic acids is 2. The molecular formula is C21H24O7. The van der Waals surface area contributed by atoms with Crippen LogP contribution in [0, 0.1) is 17.8 Å². The van der Waals surface area contributed by atoms with Gasteiger partial charge in [0.1, 0.15) is 12.2 Å². The summed E-state index contributed by atoms with van der Waals surface area (Å²) in [7, 11) is 1.51. The van der Waals surface area contributed by atoms with Crippen LogP contribution in [-0.2, 0) is 33.3 Å². The topological polar surface area (TPSA) is 83.6 Å². The maximum atomic E-state index is 12.8. The molecule has 7 atom stereocenters. The SMILES string of the molecule is C=C1C(=O)O[C@@H]2[C@H]3C(C)=CC[C@H]3[C@]3(CO3)C[C@@H](OC(=O)C3=C[C@H](OC)OC3)[C@@H]12. The number of allylic oxidation sites excluding steroid dienone is 1. The fourth-order valence-corrected chi connectivity index (χ4v) is 5.35. The van der Waals surface area contributed by atoms with Crippen LogP contribution < -0.4 is 0 Å². The minimum atomic E-state index is -0.541. The molecule has 1 spiro atoms. The Morgan fingerprint density at radius 3 is 2.82 bits per heavy atom. The molecule has 3 heterocycles. The van der Waals surface area contributed by atoms with E-state index in [-0.39, 0.29) is 36.1 Å². The largest absolute Gasteiger partial charge is 0.458 e. The van der Waals surface area contributed by atoms with E-state index in [2.05, 4.69) is 19.6 Å². The van der Waals surface area contributed by atoms with Crippen LogP contribution in [0.4, 0.5) is 0 Å². The lowest BCUT2D eigenvalue weighted by Gasteiger charge is -2.29. The van der Waals surface area contributed by atoms with Gasteiger partial charge in [-0.25, -0.2) is 9.59 Å². The number of ether oxygens (including phenoxy) is 5. The molecule has 7 heteroatoms. The van der Waals surface area contributed by atoms with Gasteiger partial charge in [0.25, 0.3) is 0 Å². The summed E-state index contributed by atoms with van der Waals surface area (Å²) in [6.07, 6.45) is 3.82. The van der Waals surface area contributed by atoms with Gasteiger partial charge in [-0.1, -0.05) is 18.2 Å². The lowest BCUT2D eigenvalue weighted by atomic mass is 9.78. The van der Waals surface area contributed by atoms with E-state index in [1.807, 2.05) is 0 Å². The number of rotatable bonds is 3. The molecule has 150 valence electrons. The number of esters is 2. The summed E-state index contributed by atoms with van der Waals surface area (Å²) in [6, 6.07) is 0. The number of methoxy groups -OCH3 is 1. The van der Waals surface area contributed by atoms with Crippen LogP contribution in [0.2, 0.25) is 0 Å². The second kappa shape index (κ2) is 6.27. The first kappa shape index (κ1) is 18.1. The van der Waals surface area contributed by atoms with E-state index in [0.29, 0.717) is 24.2 Å². The van der Waals surface area contributed by atoms with E-state index in [1.165, 1.54) is 12.7 Å². The minimum Gasteiger partial charge on any atom is -0.458 e. The maximum absolute atomic E-state index is 12.8. The summed E-state index contributed by atoms with van der Waals surface area (Å²) in [5.41, 5.74) is 1.69. The highest BCUT2D eigenvalue weighted by atomic mass is 16.7. The smallest absolute Gasteiger partial charge is 0.336 e. The molecule has 28 heavy (non-hydrogen) atoms. The zero-order valence-electron chi connectivity index (χ0n) is 16.0. The third kappa shape index (κ3) is 2.60. The van der Waals surface area contributed by atoms with E-state index >= 15 is 0 Å². The average molecular weight is 388 g/mol. The quantitative estimate of drug-likeness (QED) is 0.315. The Labute approximate surface area is 163 Å². The summed E-state index contributed by atoms with van der Waals surface area (Å²) in [5.74, 6) is -0.911. The van der Waals surface area contributed by atoms with Gasteiger partial charge in [0.15, 0.2) is 6.29 Å². The zero-order valence-corrected chi connectivity index (χ0v) is 16.0. The molecule has 3 aliphatic heterocycles. The summed E-state index contributed by atoms with van der Waals surface area (Å²) >= 11 is 0. The molecule has 3 fully saturated rings. The van der Waals surface area contributed by atoms with E-state index < -0.39 is 24.3 Å². The molecule has 0 unspecified atom stereocenters. The molecule has 0 bridgehead atoms. The van der Waals surface area contributed by atoms with Gasteiger partial charge in [0.05, 0.1) is 30.3 Å². The van der Waals surface area contributed by atoms with Gasteiger partial charge in [-0.15, -0.1) is 0 Å². The molecule has 1 saturated carbocycles. The molecule has 2 aliphatic carbocycles. The summed E-state index contributed by atoms with van der Waals surface area (Å²) in [4.78, 5) is 25.1. The molecule has 0 radical (unpaired) electrons. The van der Waals surface area contributed by atoms with Crippen LogP contribution in [0.15, 0.2) is 35.5 Å². The maximum Gasteiger partial charge on any atom is 0.336 e. The van der Waals surface area contributed by atoms with E-state index in [4.69, 9.17) is 23.7 Å². The Hall–Kier alpha value is -1.96. The van der Waals surface area contributed by atoms with Crippen molar-refractivity contribution in [2.24, 2.45) is 17.8 Å². The zero-order chi connectivity index (χ0) is 19.6. The molecular weight excluding hydrogens is 364 g/mol. The van der Waals surface area contributed by atoms with E-state index in [9.17, 15) is 9.59 Å². The van der Waals surface area contributed by atoms with Crippen molar-refractivity contribution in [3.05, 3.63) is 35.5 Å².